The number of rotatable bonds is 5. The summed E-state index contributed by atoms with van der Waals surface area (Å²) in [6.45, 7) is 1.55. The van der Waals surface area contributed by atoms with Crippen molar-refractivity contribution in [2.75, 3.05) is 6.54 Å². The summed E-state index contributed by atoms with van der Waals surface area (Å²) in [7, 11) is -1.34. The van der Waals surface area contributed by atoms with E-state index in [0.29, 0.717) is 5.56 Å². The third kappa shape index (κ3) is 4.23. The average molecular weight is 320 g/mol. The summed E-state index contributed by atoms with van der Waals surface area (Å²) in [5.41, 5.74) is 0.569. The smallest absolute Gasteiger partial charge is 0.534 e. The second-order valence-corrected chi connectivity index (χ2v) is 5.22. The van der Waals surface area contributed by atoms with Gasteiger partial charge >= 0.3 is 13.1 Å². The number of aromatic carboxylic acids is 1. The number of carbonyl (C=O) groups is 3. The lowest BCUT2D eigenvalue weighted by atomic mass is 9.72. The quantitative estimate of drug-likeness (QED) is 0.534. The van der Waals surface area contributed by atoms with E-state index in [4.69, 9.17) is 9.76 Å². The number of nitrogens with one attached hydrogen (secondary N) is 2. The molecular formula is C14H17BN2O6. The first-order valence-electron chi connectivity index (χ1n) is 7.12. The lowest BCUT2D eigenvalue weighted by Gasteiger charge is -2.28. The molecule has 0 aliphatic carbocycles. The molecule has 1 aromatic carbocycles. The molecule has 122 valence electrons. The molecule has 1 aromatic rings. The molecule has 1 aliphatic rings. The van der Waals surface area contributed by atoms with E-state index in [-0.39, 0.29) is 42.5 Å². The van der Waals surface area contributed by atoms with Gasteiger partial charge in [0.25, 0.3) is 0 Å². The monoisotopic (exact) mass is 320 g/mol. The van der Waals surface area contributed by atoms with Gasteiger partial charge in [-0.1, -0.05) is 12.1 Å². The number of para-hydroxylation sites is 1. The van der Waals surface area contributed by atoms with Crippen LogP contribution >= 0.6 is 0 Å². The van der Waals surface area contributed by atoms with Crippen molar-refractivity contribution in [3.8, 4) is 5.75 Å². The zero-order chi connectivity index (χ0) is 17.0. The minimum absolute atomic E-state index is 0.0306. The van der Waals surface area contributed by atoms with Crippen molar-refractivity contribution in [1.29, 1.82) is 0 Å². The Morgan fingerprint density at radius 3 is 2.78 bits per heavy atom. The van der Waals surface area contributed by atoms with Crippen LogP contribution in [0.5, 0.6) is 5.75 Å². The standard InChI is InChI=1S/C14H17BN2O6/c1-8(18)16-6-5-12(19)17-11-7-9-3-2-4-10(14(20)21)13(9)23-15(11)22/h2-4,11,22H,5-7H2,1H3,(H,16,18)(H,17,19)(H,20,21). The Hall–Kier alpha value is -2.55. The van der Waals surface area contributed by atoms with Gasteiger partial charge in [-0.3, -0.25) is 9.59 Å². The molecule has 2 rings (SSSR count). The molecule has 23 heavy (non-hydrogen) atoms. The maximum absolute atomic E-state index is 11.8. The normalized spacial score (nSPS) is 16.1. The van der Waals surface area contributed by atoms with Gasteiger partial charge < -0.3 is 25.4 Å². The van der Waals surface area contributed by atoms with Gasteiger partial charge in [0.05, 0.1) is 11.5 Å². The highest BCUT2D eigenvalue weighted by molar-refractivity contribution is 6.47. The first-order chi connectivity index (χ1) is 10.9. The Bertz CT molecular complexity index is 636. The van der Waals surface area contributed by atoms with Gasteiger partial charge in [-0.2, -0.15) is 0 Å². The topological polar surface area (TPSA) is 125 Å². The Kier molecular flexibility index (Phi) is 5.22. The van der Waals surface area contributed by atoms with E-state index < -0.39 is 19.0 Å². The molecule has 0 fully saturated rings. The van der Waals surface area contributed by atoms with Gasteiger partial charge in [0.15, 0.2) is 0 Å². The van der Waals surface area contributed by atoms with Crippen LogP contribution in [0, 0.1) is 0 Å². The fraction of sp³-hybridized carbons (Fsp3) is 0.357. The molecule has 0 saturated carbocycles. The predicted molar refractivity (Wildman–Crippen MR) is 80.9 cm³/mol. The van der Waals surface area contributed by atoms with Crippen molar-refractivity contribution in [3.63, 3.8) is 0 Å². The van der Waals surface area contributed by atoms with Crippen LogP contribution in [-0.2, 0) is 16.0 Å². The lowest BCUT2D eigenvalue weighted by molar-refractivity contribution is -0.121. The number of fused-ring (bicyclic) bond motifs is 1. The van der Waals surface area contributed by atoms with E-state index >= 15 is 0 Å². The number of benzene rings is 1. The van der Waals surface area contributed by atoms with Crippen LogP contribution in [0.15, 0.2) is 18.2 Å². The van der Waals surface area contributed by atoms with Crippen LogP contribution < -0.4 is 15.3 Å². The van der Waals surface area contributed by atoms with E-state index in [9.17, 15) is 19.4 Å². The van der Waals surface area contributed by atoms with Gasteiger partial charge in [0, 0.05) is 19.9 Å². The Morgan fingerprint density at radius 1 is 1.39 bits per heavy atom. The Balaban J connectivity index is 2.01. The summed E-state index contributed by atoms with van der Waals surface area (Å²) >= 11 is 0. The summed E-state index contributed by atoms with van der Waals surface area (Å²) in [6, 6.07) is 4.66. The second kappa shape index (κ2) is 7.14. The van der Waals surface area contributed by atoms with Crippen LogP contribution in [0.4, 0.5) is 0 Å². The third-order valence-electron chi connectivity index (χ3n) is 3.42. The average Bonchev–Trinajstić information content (AvgIpc) is 2.46. The molecule has 2 amide bonds. The summed E-state index contributed by atoms with van der Waals surface area (Å²) in [6.07, 6.45) is 0.328. The molecule has 0 bridgehead atoms. The number of hydrogen-bond donors (Lipinski definition) is 4. The van der Waals surface area contributed by atoms with E-state index in [1.165, 1.54) is 13.0 Å². The summed E-state index contributed by atoms with van der Waals surface area (Å²) < 4.78 is 5.27. The number of carboxylic acid groups (broad SMARTS) is 1. The highest BCUT2D eigenvalue weighted by Crippen LogP contribution is 2.30. The number of amides is 2. The van der Waals surface area contributed by atoms with Crippen molar-refractivity contribution >= 4 is 24.9 Å². The van der Waals surface area contributed by atoms with Crippen molar-refractivity contribution < 1.29 is 29.2 Å². The predicted octanol–water partition coefficient (Wildman–Crippen LogP) is -0.650. The first kappa shape index (κ1) is 16.8. The molecule has 1 heterocycles. The largest absolute Gasteiger partial charge is 0.547 e. The lowest BCUT2D eigenvalue weighted by Crippen LogP contribution is -2.53. The number of hydrogen-bond acceptors (Lipinski definition) is 5. The van der Waals surface area contributed by atoms with E-state index in [2.05, 4.69) is 10.6 Å². The van der Waals surface area contributed by atoms with E-state index in [1.54, 1.807) is 12.1 Å². The van der Waals surface area contributed by atoms with Crippen molar-refractivity contribution in [2.24, 2.45) is 0 Å². The molecule has 4 N–H and O–H groups in total. The van der Waals surface area contributed by atoms with Gasteiger partial charge in [-0.15, -0.1) is 0 Å². The Morgan fingerprint density at radius 2 is 2.13 bits per heavy atom. The van der Waals surface area contributed by atoms with Crippen LogP contribution in [-0.4, -0.2) is 47.5 Å². The Labute approximate surface area is 133 Å². The molecule has 9 heteroatoms. The van der Waals surface area contributed by atoms with Crippen molar-refractivity contribution in [1.82, 2.24) is 10.6 Å². The maximum atomic E-state index is 11.8. The SMILES string of the molecule is CC(=O)NCCC(=O)NC1Cc2cccc(C(=O)O)c2OB1O. The molecule has 0 radical (unpaired) electrons. The second-order valence-electron chi connectivity index (χ2n) is 5.22. The molecule has 0 aromatic heterocycles. The van der Waals surface area contributed by atoms with Crippen LogP contribution in [0.25, 0.3) is 0 Å². The molecule has 8 nitrogen and oxygen atoms in total. The van der Waals surface area contributed by atoms with Gasteiger partial charge in [-0.05, 0) is 18.1 Å². The van der Waals surface area contributed by atoms with E-state index in [1.807, 2.05) is 0 Å². The first-order valence-corrected chi connectivity index (χ1v) is 7.12. The molecule has 0 spiro atoms. The number of carbonyl (C=O) groups excluding carboxylic acids is 2. The van der Waals surface area contributed by atoms with Crippen molar-refractivity contribution in [3.05, 3.63) is 29.3 Å². The van der Waals surface area contributed by atoms with Crippen LogP contribution in [0.1, 0.15) is 29.3 Å². The number of carboxylic acids is 1. The molecule has 1 unspecified atom stereocenters. The minimum Gasteiger partial charge on any atom is -0.534 e. The summed E-state index contributed by atoms with van der Waals surface area (Å²) in [5, 5.41) is 24.2. The molecular weight excluding hydrogens is 303 g/mol. The summed E-state index contributed by atoms with van der Waals surface area (Å²) in [4.78, 5) is 33.7. The highest BCUT2D eigenvalue weighted by Gasteiger charge is 2.37. The molecule has 1 atom stereocenters. The van der Waals surface area contributed by atoms with Gasteiger partial charge in [0.2, 0.25) is 11.8 Å². The fourth-order valence-electron chi connectivity index (χ4n) is 2.35. The van der Waals surface area contributed by atoms with Crippen LogP contribution in [0.3, 0.4) is 0 Å². The van der Waals surface area contributed by atoms with Gasteiger partial charge in [0.1, 0.15) is 5.75 Å². The van der Waals surface area contributed by atoms with Crippen molar-refractivity contribution in [2.45, 2.75) is 25.7 Å². The minimum atomic E-state index is -1.34. The fourth-order valence-corrected chi connectivity index (χ4v) is 2.35. The molecule has 1 aliphatic heterocycles. The van der Waals surface area contributed by atoms with E-state index in [0.717, 1.165) is 0 Å². The zero-order valence-corrected chi connectivity index (χ0v) is 12.5. The maximum Gasteiger partial charge on any atom is 0.547 e. The summed E-state index contributed by atoms with van der Waals surface area (Å²) in [5.74, 6) is -2.28. The molecule has 0 saturated heterocycles. The zero-order valence-electron chi connectivity index (χ0n) is 12.5. The third-order valence-corrected chi connectivity index (χ3v) is 3.42. The highest BCUT2D eigenvalue weighted by atomic mass is 16.5. The van der Waals surface area contributed by atoms with Gasteiger partial charge in [-0.25, -0.2) is 4.79 Å². The van der Waals surface area contributed by atoms with Crippen LogP contribution in [0.2, 0.25) is 0 Å².